The highest BCUT2D eigenvalue weighted by molar-refractivity contribution is 5.76. The van der Waals surface area contributed by atoms with Crippen LogP contribution in [0.3, 0.4) is 0 Å². The Kier molecular flexibility index (Phi) is 4.79. The van der Waals surface area contributed by atoms with Crippen molar-refractivity contribution in [1.29, 1.82) is 0 Å². The molecule has 2 rings (SSSR count). The zero-order valence-electron chi connectivity index (χ0n) is 14.2. The summed E-state index contributed by atoms with van der Waals surface area (Å²) in [4.78, 5) is 12.3. The minimum atomic E-state index is -4.84. The van der Waals surface area contributed by atoms with Crippen molar-refractivity contribution in [3.63, 3.8) is 0 Å². The van der Waals surface area contributed by atoms with Crippen LogP contribution in [-0.4, -0.2) is 29.0 Å². The lowest BCUT2D eigenvalue weighted by Crippen LogP contribution is -2.58. The molecule has 0 amide bonds. The summed E-state index contributed by atoms with van der Waals surface area (Å²) in [5.41, 5.74) is -3.89. The molecule has 5 unspecified atom stereocenters. The summed E-state index contributed by atoms with van der Waals surface area (Å²) >= 11 is 0. The van der Waals surface area contributed by atoms with Crippen LogP contribution in [0.1, 0.15) is 59.8 Å². The largest absolute Gasteiger partial charge is 0.458 e. The van der Waals surface area contributed by atoms with Gasteiger partial charge in [-0.2, -0.15) is 13.2 Å². The molecule has 3 nitrogen and oxygen atoms in total. The van der Waals surface area contributed by atoms with Crippen LogP contribution in [-0.2, 0) is 9.53 Å². The molecule has 0 aliphatic heterocycles. The number of aliphatic hydroxyl groups is 1. The number of esters is 1. The first-order chi connectivity index (χ1) is 10.4. The van der Waals surface area contributed by atoms with E-state index in [1.54, 1.807) is 20.8 Å². The summed E-state index contributed by atoms with van der Waals surface area (Å²) < 4.78 is 45.4. The highest BCUT2D eigenvalue weighted by Gasteiger charge is 2.61. The molecule has 0 aromatic heterocycles. The molecule has 2 aliphatic rings. The SMILES string of the molecule is CCC(C)(C)C(=O)OC(C1CC2CCC1C2)C(C)(O)C(F)(F)F. The molecule has 0 spiro atoms. The predicted molar refractivity (Wildman–Crippen MR) is 79.6 cm³/mol. The van der Waals surface area contributed by atoms with Crippen molar-refractivity contribution in [1.82, 2.24) is 0 Å². The fourth-order valence-corrected chi connectivity index (χ4v) is 3.86. The Bertz CT molecular complexity index is 456. The summed E-state index contributed by atoms with van der Waals surface area (Å²) in [6, 6.07) is 0. The van der Waals surface area contributed by atoms with E-state index in [1.807, 2.05) is 0 Å². The van der Waals surface area contributed by atoms with Gasteiger partial charge in [-0.25, -0.2) is 0 Å². The predicted octanol–water partition coefficient (Wildman–Crippen LogP) is 4.08. The standard InChI is InChI=1S/C17H27F3O3/c1-5-15(2,3)14(21)23-13(16(4,22)17(18,19)20)12-9-10-6-7-11(12)8-10/h10-13,22H,5-9H2,1-4H3. The van der Waals surface area contributed by atoms with Crippen molar-refractivity contribution in [2.24, 2.45) is 23.2 Å². The number of hydrogen-bond donors (Lipinski definition) is 1. The van der Waals surface area contributed by atoms with Gasteiger partial charge in [-0.05, 0) is 58.3 Å². The second-order valence-electron chi connectivity index (χ2n) is 8.05. The van der Waals surface area contributed by atoms with Crippen LogP contribution in [0.4, 0.5) is 13.2 Å². The summed E-state index contributed by atoms with van der Waals surface area (Å²) in [6.07, 6.45) is -2.55. The lowest BCUT2D eigenvalue weighted by molar-refractivity contribution is -0.295. The molecular weight excluding hydrogens is 309 g/mol. The number of halogens is 3. The van der Waals surface area contributed by atoms with Crippen LogP contribution in [0.25, 0.3) is 0 Å². The van der Waals surface area contributed by atoms with Crippen molar-refractivity contribution < 1.29 is 27.8 Å². The molecule has 134 valence electrons. The van der Waals surface area contributed by atoms with Gasteiger partial charge < -0.3 is 9.84 Å². The maximum absolute atomic E-state index is 13.4. The first kappa shape index (κ1) is 18.6. The maximum atomic E-state index is 13.4. The van der Waals surface area contributed by atoms with Crippen molar-refractivity contribution in [2.45, 2.75) is 77.7 Å². The van der Waals surface area contributed by atoms with E-state index in [4.69, 9.17) is 4.74 Å². The van der Waals surface area contributed by atoms with Crippen LogP contribution in [0.2, 0.25) is 0 Å². The summed E-state index contributed by atoms with van der Waals surface area (Å²) in [6.45, 7) is 5.82. The zero-order chi connectivity index (χ0) is 17.6. The molecule has 5 atom stereocenters. The first-order valence-corrected chi connectivity index (χ1v) is 8.40. The third-order valence-electron chi connectivity index (χ3n) is 5.98. The van der Waals surface area contributed by atoms with Crippen molar-refractivity contribution >= 4 is 5.97 Å². The average Bonchev–Trinajstić information content (AvgIpc) is 3.05. The van der Waals surface area contributed by atoms with Crippen LogP contribution in [0.15, 0.2) is 0 Å². The quantitative estimate of drug-likeness (QED) is 0.770. The molecule has 2 bridgehead atoms. The smallest absolute Gasteiger partial charge is 0.420 e. The van der Waals surface area contributed by atoms with Crippen molar-refractivity contribution in [3.8, 4) is 0 Å². The highest BCUT2D eigenvalue weighted by Crippen LogP contribution is 2.53. The summed E-state index contributed by atoms with van der Waals surface area (Å²) in [5, 5.41) is 10.2. The van der Waals surface area contributed by atoms with E-state index < -0.39 is 35.2 Å². The Labute approximate surface area is 135 Å². The second-order valence-corrected chi connectivity index (χ2v) is 8.05. The van der Waals surface area contributed by atoms with E-state index in [0.717, 1.165) is 26.2 Å². The molecule has 2 fully saturated rings. The molecule has 0 heterocycles. The highest BCUT2D eigenvalue weighted by atomic mass is 19.4. The van der Waals surface area contributed by atoms with Crippen molar-refractivity contribution in [2.75, 3.05) is 0 Å². The zero-order valence-corrected chi connectivity index (χ0v) is 14.2. The number of alkyl halides is 3. The van der Waals surface area contributed by atoms with Gasteiger partial charge in [0, 0.05) is 5.92 Å². The maximum Gasteiger partial charge on any atom is 0.420 e. The van der Waals surface area contributed by atoms with Gasteiger partial charge in [-0.1, -0.05) is 13.3 Å². The van der Waals surface area contributed by atoms with Gasteiger partial charge in [0.2, 0.25) is 0 Å². The second kappa shape index (κ2) is 5.94. The number of ether oxygens (including phenoxy) is 1. The van der Waals surface area contributed by atoms with E-state index in [9.17, 15) is 23.1 Å². The molecular formula is C17H27F3O3. The van der Waals surface area contributed by atoms with Gasteiger partial charge in [0.1, 0.15) is 6.10 Å². The lowest BCUT2D eigenvalue weighted by atomic mass is 9.77. The fraction of sp³-hybridized carbons (Fsp3) is 0.941. The Hall–Kier alpha value is -0.780. The Balaban J connectivity index is 2.27. The number of carbonyl (C=O) groups excluding carboxylic acids is 1. The molecule has 1 N–H and O–H groups in total. The van der Waals surface area contributed by atoms with Gasteiger partial charge in [0.25, 0.3) is 0 Å². The molecule has 0 radical (unpaired) electrons. The Morgan fingerprint density at radius 3 is 2.22 bits per heavy atom. The monoisotopic (exact) mass is 336 g/mol. The van der Waals surface area contributed by atoms with E-state index in [2.05, 4.69) is 0 Å². The fourth-order valence-electron chi connectivity index (χ4n) is 3.86. The summed E-state index contributed by atoms with van der Waals surface area (Å²) in [7, 11) is 0. The van der Waals surface area contributed by atoms with Crippen LogP contribution in [0, 0.1) is 23.2 Å². The van der Waals surface area contributed by atoms with Gasteiger partial charge >= 0.3 is 12.1 Å². The lowest BCUT2D eigenvalue weighted by Gasteiger charge is -2.41. The molecule has 2 aliphatic carbocycles. The molecule has 2 saturated carbocycles. The van der Waals surface area contributed by atoms with E-state index in [1.165, 1.54) is 0 Å². The Morgan fingerprint density at radius 2 is 1.83 bits per heavy atom. The van der Waals surface area contributed by atoms with E-state index in [0.29, 0.717) is 18.8 Å². The first-order valence-electron chi connectivity index (χ1n) is 8.40. The van der Waals surface area contributed by atoms with Crippen molar-refractivity contribution in [3.05, 3.63) is 0 Å². The number of rotatable bonds is 5. The average molecular weight is 336 g/mol. The van der Waals surface area contributed by atoms with Gasteiger partial charge in [0.15, 0.2) is 5.60 Å². The third kappa shape index (κ3) is 3.37. The van der Waals surface area contributed by atoms with Gasteiger partial charge in [0.05, 0.1) is 5.41 Å². The molecule has 0 aromatic carbocycles. The molecule has 23 heavy (non-hydrogen) atoms. The molecule has 0 saturated heterocycles. The topological polar surface area (TPSA) is 46.5 Å². The minimum absolute atomic E-state index is 0.108. The van der Waals surface area contributed by atoms with E-state index in [-0.39, 0.29) is 5.92 Å². The number of fused-ring (bicyclic) bond motifs is 2. The number of hydrogen-bond acceptors (Lipinski definition) is 3. The van der Waals surface area contributed by atoms with E-state index >= 15 is 0 Å². The molecule has 6 heteroatoms. The summed E-state index contributed by atoms with van der Waals surface area (Å²) in [5.74, 6) is -0.579. The van der Waals surface area contributed by atoms with Gasteiger partial charge in [-0.3, -0.25) is 4.79 Å². The van der Waals surface area contributed by atoms with Crippen LogP contribution in [0.5, 0.6) is 0 Å². The van der Waals surface area contributed by atoms with Crippen LogP contribution < -0.4 is 0 Å². The van der Waals surface area contributed by atoms with Crippen LogP contribution >= 0.6 is 0 Å². The third-order valence-corrected chi connectivity index (χ3v) is 5.98. The normalized spacial score (nSPS) is 31.7. The Morgan fingerprint density at radius 1 is 1.22 bits per heavy atom. The van der Waals surface area contributed by atoms with Gasteiger partial charge in [-0.15, -0.1) is 0 Å². The molecule has 0 aromatic rings. The number of carbonyl (C=O) groups is 1. The minimum Gasteiger partial charge on any atom is -0.458 e.